The summed E-state index contributed by atoms with van der Waals surface area (Å²) in [6.07, 6.45) is 1.46. The Balaban J connectivity index is 1.65. The molecule has 0 aliphatic carbocycles. The second-order valence-electron chi connectivity index (χ2n) is 8.50. The second-order valence-corrected chi connectivity index (χ2v) is 8.50. The predicted molar refractivity (Wildman–Crippen MR) is 110 cm³/mol. The summed E-state index contributed by atoms with van der Waals surface area (Å²) in [5, 5.41) is 5.75. The average Bonchev–Trinajstić information content (AvgIpc) is 3.17. The van der Waals surface area contributed by atoms with Crippen LogP contribution in [0, 0.1) is 0 Å². The molecular formula is C21H30N4O4. The highest BCUT2D eigenvalue weighted by Crippen LogP contribution is 2.22. The maximum Gasteiger partial charge on any atom is 0.322 e. The lowest BCUT2D eigenvalue weighted by atomic mass is 10.1. The number of carbonyl (C=O) groups excluding carboxylic acids is 3. The standard InChI is InChI=1S/C21H30N4O4/c1-21(2,3)23-18(26)15-6-4-7-16(14-15)22-20(28)25-9-5-8-17(25)19(27)24-10-12-29-13-11-24/h4,6-7,14,17H,5,8-13H2,1-3H3,(H,22,28)(H,23,26). The molecule has 4 amide bonds. The molecule has 3 rings (SSSR count). The van der Waals surface area contributed by atoms with Crippen LogP contribution in [0.4, 0.5) is 10.5 Å². The van der Waals surface area contributed by atoms with Gasteiger partial charge in [0.25, 0.3) is 5.91 Å². The number of morpholine rings is 1. The van der Waals surface area contributed by atoms with E-state index in [4.69, 9.17) is 4.74 Å². The topological polar surface area (TPSA) is 91.0 Å². The molecule has 1 unspecified atom stereocenters. The molecule has 1 aromatic rings. The van der Waals surface area contributed by atoms with Crippen LogP contribution in [0.2, 0.25) is 0 Å². The summed E-state index contributed by atoms with van der Waals surface area (Å²) in [6.45, 7) is 8.48. The number of ether oxygens (including phenoxy) is 1. The van der Waals surface area contributed by atoms with E-state index in [1.807, 2.05) is 20.8 Å². The van der Waals surface area contributed by atoms with Gasteiger partial charge in [-0.25, -0.2) is 4.79 Å². The number of nitrogens with zero attached hydrogens (tertiary/aromatic N) is 2. The normalized spacial score (nSPS) is 19.8. The number of nitrogens with one attached hydrogen (secondary N) is 2. The number of anilines is 1. The molecule has 2 heterocycles. The Labute approximate surface area is 171 Å². The molecule has 0 spiro atoms. The van der Waals surface area contributed by atoms with Gasteiger partial charge in [0.1, 0.15) is 6.04 Å². The summed E-state index contributed by atoms with van der Waals surface area (Å²) in [5.41, 5.74) is 0.653. The van der Waals surface area contributed by atoms with Crippen LogP contribution in [0.1, 0.15) is 44.0 Å². The zero-order chi connectivity index (χ0) is 21.0. The maximum atomic E-state index is 12.8. The monoisotopic (exact) mass is 402 g/mol. The Morgan fingerprint density at radius 1 is 1.10 bits per heavy atom. The molecule has 1 aromatic carbocycles. The third kappa shape index (κ3) is 5.47. The van der Waals surface area contributed by atoms with Crippen molar-refractivity contribution >= 4 is 23.5 Å². The lowest BCUT2D eigenvalue weighted by molar-refractivity contribution is -0.139. The molecule has 2 N–H and O–H groups in total. The minimum absolute atomic E-state index is 0.0146. The molecule has 0 saturated carbocycles. The summed E-state index contributed by atoms with van der Waals surface area (Å²) in [5.74, 6) is -0.214. The van der Waals surface area contributed by atoms with Gasteiger partial charge in [-0.2, -0.15) is 0 Å². The molecule has 2 aliphatic heterocycles. The van der Waals surface area contributed by atoms with Crippen LogP contribution >= 0.6 is 0 Å². The van der Waals surface area contributed by atoms with Gasteiger partial charge >= 0.3 is 6.03 Å². The van der Waals surface area contributed by atoms with Crippen molar-refractivity contribution in [2.45, 2.75) is 45.2 Å². The van der Waals surface area contributed by atoms with Crippen molar-refractivity contribution in [2.24, 2.45) is 0 Å². The van der Waals surface area contributed by atoms with Gasteiger partial charge in [0, 0.05) is 36.4 Å². The van der Waals surface area contributed by atoms with Crippen molar-refractivity contribution in [3.8, 4) is 0 Å². The summed E-state index contributed by atoms with van der Waals surface area (Å²) < 4.78 is 5.31. The van der Waals surface area contributed by atoms with Gasteiger partial charge in [-0.05, 0) is 51.8 Å². The highest BCUT2D eigenvalue weighted by Gasteiger charge is 2.37. The SMILES string of the molecule is CC(C)(C)NC(=O)c1cccc(NC(=O)N2CCCC2C(=O)N2CCOCC2)c1. The average molecular weight is 402 g/mol. The van der Waals surface area contributed by atoms with Gasteiger partial charge in [-0.15, -0.1) is 0 Å². The predicted octanol–water partition coefficient (Wildman–Crippen LogP) is 2.07. The van der Waals surface area contributed by atoms with Crippen LogP contribution in [-0.4, -0.2) is 72.1 Å². The molecule has 1 atom stereocenters. The van der Waals surface area contributed by atoms with Crippen LogP contribution in [0.25, 0.3) is 0 Å². The number of hydrogen-bond donors (Lipinski definition) is 2. The minimum atomic E-state index is -0.444. The number of benzene rings is 1. The maximum absolute atomic E-state index is 12.8. The molecule has 8 heteroatoms. The molecule has 0 aromatic heterocycles. The summed E-state index contributed by atoms with van der Waals surface area (Å²) in [4.78, 5) is 41.4. The van der Waals surface area contributed by atoms with Crippen molar-refractivity contribution in [1.29, 1.82) is 0 Å². The van der Waals surface area contributed by atoms with E-state index < -0.39 is 6.04 Å². The molecule has 0 bridgehead atoms. The Hall–Kier alpha value is -2.61. The molecule has 2 aliphatic rings. The summed E-state index contributed by atoms with van der Waals surface area (Å²) >= 11 is 0. The fourth-order valence-corrected chi connectivity index (χ4v) is 3.61. The van der Waals surface area contributed by atoms with Gasteiger partial charge < -0.3 is 25.2 Å². The number of hydrogen-bond acceptors (Lipinski definition) is 4. The highest BCUT2D eigenvalue weighted by atomic mass is 16.5. The van der Waals surface area contributed by atoms with Crippen molar-refractivity contribution in [2.75, 3.05) is 38.2 Å². The molecule has 29 heavy (non-hydrogen) atoms. The van der Waals surface area contributed by atoms with Gasteiger partial charge in [0.05, 0.1) is 13.2 Å². The lowest BCUT2D eigenvalue weighted by Crippen LogP contribution is -2.51. The Morgan fingerprint density at radius 2 is 1.83 bits per heavy atom. The number of rotatable bonds is 3. The number of amides is 4. The second kappa shape index (κ2) is 8.82. The Morgan fingerprint density at radius 3 is 2.52 bits per heavy atom. The Kier molecular flexibility index (Phi) is 6.42. The zero-order valence-corrected chi connectivity index (χ0v) is 17.4. The van der Waals surface area contributed by atoms with Crippen molar-refractivity contribution in [1.82, 2.24) is 15.1 Å². The van der Waals surface area contributed by atoms with Crippen molar-refractivity contribution in [3.05, 3.63) is 29.8 Å². The third-order valence-electron chi connectivity index (χ3n) is 4.99. The van der Waals surface area contributed by atoms with Gasteiger partial charge in [-0.1, -0.05) is 6.07 Å². The molecule has 0 radical (unpaired) electrons. The van der Waals surface area contributed by atoms with Crippen LogP contribution in [0.5, 0.6) is 0 Å². The smallest absolute Gasteiger partial charge is 0.322 e. The lowest BCUT2D eigenvalue weighted by Gasteiger charge is -2.32. The molecular weight excluding hydrogens is 372 g/mol. The van der Waals surface area contributed by atoms with Crippen LogP contribution in [0.3, 0.4) is 0 Å². The van der Waals surface area contributed by atoms with Crippen LogP contribution in [0.15, 0.2) is 24.3 Å². The summed E-state index contributed by atoms with van der Waals surface area (Å²) in [6, 6.07) is 6.06. The van der Waals surface area contributed by atoms with Crippen molar-refractivity contribution in [3.63, 3.8) is 0 Å². The van der Waals surface area contributed by atoms with Crippen LogP contribution in [-0.2, 0) is 9.53 Å². The van der Waals surface area contributed by atoms with Crippen LogP contribution < -0.4 is 10.6 Å². The van der Waals surface area contributed by atoms with E-state index in [2.05, 4.69) is 10.6 Å². The van der Waals surface area contributed by atoms with E-state index in [1.54, 1.807) is 34.1 Å². The van der Waals surface area contributed by atoms with E-state index in [0.29, 0.717) is 50.5 Å². The molecule has 8 nitrogen and oxygen atoms in total. The molecule has 2 fully saturated rings. The van der Waals surface area contributed by atoms with E-state index in [-0.39, 0.29) is 23.4 Å². The fraction of sp³-hybridized carbons (Fsp3) is 0.571. The quantitative estimate of drug-likeness (QED) is 0.810. The first-order valence-corrected chi connectivity index (χ1v) is 10.1. The Bertz CT molecular complexity index is 768. The zero-order valence-electron chi connectivity index (χ0n) is 17.4. The third-order valence-corrected chi connectivity index (χ3v) is 4.99. The number of likely N-dealkylation sites (tertiary alicyclic amines) is 1. The first-order chi connectivity index (χ1) is 13.7. The minimum Gasteiger partial charge on any atom is -0.378 e. The van der Waals surface area contributed by atoms with Gasteiger partial charge in [0.2, 0.25) is 5.91 Å². The fourth-order valence-electron chi connectivity index (χ4n) is 3.61. The van der Waals surface area contributed by atoms with Gasteiger partial charge in [-0.3, -0.25) is 9.59 Å². The van der Waals surface area contributed by atoms with E-state index in [0.717, 1.165) is 6.42 Å². The number of carbonyl (C=O) groups is 3. The van der Waals surface area contributed by atoms with E-state index in [1.165, 1.54) is 0 Å². The van der Waals surface area contributed by atoms with Crippen molar-refractivity contribution < 1.29 is 19.1 Å². The summed E-state index contributed by atoms with van der Waals surface area (Å²) in [7, 11) is 0. The van der Waals surface area contributed by atoms with Gasteiger partial charge in [0.15, 0.2) is 0 Å². The molecule has 2 saturated heterocycles. The first-order valence-electron chi connectivity index (χ1n) is 10.1. The largest absolute Gasteiger partial charge is 0.378 e. The highest BCUT2D eigenvalue weighted by molar-refractivity contribution is 5.98. The van der Waals surface area contributed by atoms with E-state index >= 15 is 0 Å². The number of urea groups is 1. The molecule has 158 valence electrons. The van der Waals surface area contributed by atoms with E-state index in [9.17, 15) is 14.4 Å². The first kappa shape index (κ1) is 21.1.